The second-order valence-corrected chi connectivity index (χ2v) is 5.67. The molecule has 0 N–H and O–H groups in total. The van der Waals surface area contributed by atoms with Gasteiger partial charge < -0.3 is 4.79 Å². The van der Waals surface area contributed by atoms with E-state index in [1.54, 1.807) is 6.92 Å². The first kappa shape index (κ1) is 18.3. The summed E-state index contributed by atoms with van der Waals surface area (Å²) in [6, 6.07) is 0. The third-order valence-electron chi connectivity index (χ3n) is 3.54. The van der Waals surface area contributed by atoms with E-state index in [-0.39, 0.29) is 5.78 Å². The van der Waals surface area contributed by atoms with Crippen molar-refractivity contribution in [2.75, 3.05) is 0 Å². The summed E-state index contributed by atoms with van der Waals surface area (Å²) in [5, 5.41) is 0. The fourth-order valence-electron chi connectivity index (χ4n) is 2.28. The minimum absolute atomic E-state index is 0.277. The van der Waals surface area contributed by atoms with Gasteiger partial charge in [0, 0.05) is 19.3 Å². The Kier molecular flexibility index (Phi) is 13.3. The molecule has 0 radical (unpaired) electrons. The van der Waals surface area contributed by atoms with Gasteiger partial charge in [0.05, 0.1) is 0 Å². The van der Waals surface area contributed by atoms with E-state index >= 15 is 0 Å². The molecule has 0 aromatic heterocycles. The lowest BCUT2D eigenvalue weighted by Crippen LogP contribution is -1.98. The highest BCUT2D eigenvalue weighted by atomic mass is 16.1. The van der Waals surface area contributed by atoms with Crippen molar-refractivity contribution in [3.05, 3.63) is 0 Å². The Balaban J connectivity index is 3.19. The highest BCUT2D eigenvalue weighted by Crippen LogP contribution is 2.11. The summed E-state index contributed by atoms with van der Waals surface area (Å²) < 4.78 is 0. The molecule has 0 bridgehead atoms. The maximum absolute atomic E-state index is 11.6. The minimum Gasteiger partial charge on any atom is -0.300 e. The van der Waals surface area contributed by atoms with Crippen LogP contribution in [0.3, 0.4) is 0 Å². The molecular weight excluding hydrogens is 236 g/mol. The van der Waals surface area contributed by atoms with Gasteiger partial charge in [-0.2, -0.15) is 0 Å². The van der Waals surface area contributed by atoms with Crippen LogP contribution >= 0.6 is 0 Å². The molecule has 0 aliphatic carbocycles. The third-order valence-corrected chi connectivity index (χ3v) is 3.54. The largest absolute Gasteiger partial charge is 0.300 e. The quantitative estimate of drug-likeness (QED) is 0.404. The normalized spacial score (nSPS) is 10.6. The van der Waals surface area contributed by atoms with E-state index < -0.39 is 0 Å². The highest BCUT2D eigenvalue weighted by Gasteiger charge is 2.02. The van der Waals surface area contributed by atoms with Crippen molar-refractivity contribution in [3.63, 3.8) is 0 Å². The molecular formula is C17H32O2. The van der Waals surface area contributed by atoms with Crippen LogP contribution in [-0.2, 0) is 9.59 Å². The van der Waals surface area contributed by atoms with Crippen LogP contribution in [0.1, 0.15) is 97.3 Å². The van der Waals surface area contributed by atoms with Crippen molar-refractivity contribution in [3.8, 4) is 0 Å². The molecule has 0 aromatic carbocycles. The fourth-order valence-corrected chi connectivity index (χ4v) is 2.28. The zero-order valence-electron chi connectivity index (χ0n) is 13.0. The number of Topliss-reactive ketones (excluding diaryl/α,β-unsaturated/α-hetero) is 2. The summed E-state index contributed by atoms with van der Waals surface area (Å²) in [4.78, 5) is 22.4. The summed E-state index contributed by atoms with van der Waals surface area (Å²) in [7, 11) is 0. The molecule has 0 rings (SSSR count). The first-order valence-corrected chi connectivity index (χ1v) is 8.18. The van der Waals surface area contributed by atoms with Gasteiger partial charge in [0.15, 0.2) is 0 Å². The SMILES string of the molecule is CCCCCCCCC(=O)CCCCCCC(C)=O. The predicted molar refractivity (Wildman–Crippen MR) is 81.4 cm³/mol. The molecule has 0 saturated carbocycles. The van der Waals surface area contributed by atoms with Crippen molar-refractivity contribution < 1.29 is 9.59 Å². The van der Waals surface area contributed by atoms with Gasteiger partial charge in [-0.3, -0.25) is 4.79 Å². The molecule has 0 unspecified atom stereocenters. The van der Waals surface area contributed by atoms with E-state index in [2.05, 4.69) is 6.92 Å². The maximum Gasteiger partial charge on any atom is 0.132 e. The van der Waals surface area contributed by atoms with Crippen LogP contribution in [0.15, 0.2) is 0 Å². The van der Waals surface area contributed by atoms with Gasteiger partial charge in [-0.25, -0.2) is 0 Å². The van der Waals surface area contributed by atoms with E-state index in [9.17, 15) is 9.59 Å². The Morgan fingerprint density at radius 1 is 0.632 bits per heavy atom. The Morgan fingerprint density at radius 2 is 1.05 bits per heavy atom. The Hall–Kier alpha value is -0.660. The summed E-state index contributed by atoms with van der Waals surface area (Å²) >= 11 is 0. The average molecular weight is 268 g/mol. The zero-order valence-corrected chi connectivity index (χ0v) is 13.0. The van der Waals surface area contributed by atoms with E-state index in [4.69, 9.17) is 0 Å². The van der Waals surface area contributed by atoms with Crippen molar-refractivity contribution in [1.29, 1.82) is 0 Å². The van der Waals surface area contributed by atoms with Gasteiger partial charge in [0.2, 0.25) is 0 Å². The van der Waals surface area contributed by atoms with Crippen LogP contribution in [0.2, 0.25) is 0 Å². The number of rotatable bonds is 14. The van der Waals surface area contributed by atoms with E-state index in [0.29, 0.717) is 12.2 Å². The Bertz CT molecular complexity index is 233. The molecule has 2 nitrogen and oxygen atoms in total. The van der Waals surface area contributed by atoms with Gasteiger partial charge in [-0.1, -0.05) is 51.9 Å². The second-order valence-electron chi connectivity index (χ2n) is 5.67. The van der Waals surface area contributed by atoms with Crippen LogP contribution in [0, 0.1) is 0 Å². The molecule has 19 heavy (non-hydrogen) atoms. The summed E-state index contributed by atoms with van der Waals surface area (Å²) in [6.07, 6.45) is 13.9. The monoisotopic (exact) mass is 268 g/mol. The lowest BCUT2D eigenvalue weighted by molar-refractivity contribution is -0.119. The van der Waals surface area contributed by atoms with Crippen LogP contribution in [-0.4, -0.2) is 11.6 Å². The standard InChI is InChI=1S/C17H32O2/c1-3-4-5-6-7-11-14-17(19)15-12-9-8-10-13-16(2)18/h3-15H2,1-2H3. The van der Waals surface area contributed by atoms with Crippen LogP contribution in [0.4, 0.5) is 0 Å². The smallest absolute Gasteiger partial charge is 0.132 e. The predicted octanol–water partition coefficient (Wildman–Crippen LogP) is 5.24. The minimum atomic E-state index is 0.277. The van der Waals surface area contributed by atoms with Gasteiger partial charge in [-0.05, 0) is 26.2 Å². The lowest BCUT2D eigenvalue weighted by atomic mass is 10.0. The number of ketones is 2. The number of hydrogen-bond acceptors (Lipinski definition) is 2. The van der Waals surface area contributed by atoms with Crippen molar-refractivity contribution in [2.45, 2.75) is 97.3 Å². The molecule has 112 valence electrons. The summed E-state index contributed by atoms with van der Waals surface area (Å²) in [6.45, 7) is 3.87. The fraction of sp³-hybridized carbons (Fsp3) is 0.882. The molecule has 0 saturated heterocycles. The molecule has 0 amide bonds. The van der Waals surface area contributed by atoms with Crippen LogP contribution < -0.4 is 0 Å². The molecule has 0 heterocycles. The zero-order chi connectivity index (χ0) is 14.3. The molecule has 0 spiro atoms. The highest BCUT2D eigenvalue weighted by molar-refractivity contribution is 5.78. The number of carbonyl (C=O) groups is 2. The van der Waals surface area contributed by atoms with Gasteiger partial charge >= 0.3 is 0 Å². The van der Waals surface area contributed by atoms with Crippen molar-refractivity contribution in [2.24, 2.45) is 0 Å². The maximum atomic E-state index is 11.6. The van der Waals surface area contributed by atoms with Crippen molar-refractivity contribution in [1.82, 2.24) is 0 Å². The van der Waals surface area contributed by atoms with Crippen LogP contribution in [0.5, 0.6) is 0 Å². The summed E-state index contributed by atoms with van der Waals surface area (Å²) in [5.74, 6) is 0.709. The molecule has 0 aliphatic rings. The summed E-state index contributed by atoms with van der Waals surface area (Å²) in [5.41, 5.74) is 0. The molecule has 2 heteroatoms. The average Bonchev–Trinajstić information content (AvgIpc) is 2.37. The topological polar surface area (TPSA) is 34.1 Å². The number of carbonyl (C=O) groups excluding carboxylic acids is 2. The molecule has 0 atom stereocenters. The van der Waals surface area contributed by atoms with Crippen molar-refractivity contribution >= 4 is 11.6 Å². The first-order chi connectivity index (χ1) is 9.16. The Morgan fingerprint density at radius 3 is 1.53 bits per heavy atom. The molecule has 0 aromatic rings. The van der Waals surface area contributed by atoms with E-state index in [1.807, 2.05) is 0 Å². The molecule has 0 fully saturated rings. The third kappa shape index (κ3) is 15.3. The van der Waals surface area contributed by atoms with E-state index in [0.717, 1.165) is 44.9 Å². The molecule has 0 aliphatic heterocycles. The van der Waals surface area contributed by atoms with Crippen LogP contribution in [0.25, 0.3) is 0 Å². The Labute approximate surface area is 119 Å². The number of unbranched alkanes of at least 4 members (excludes halogenated alkanes) is 8. The van der Waals surface area contributed by atoms with Gasteiger partial charge in [-0.15, -0.1) is 0 Å². The number of hydrogen-bond donors (Lipinski definition) is 0. The van der Waals surface area contributed by atoms with Gasteiger partial charge in [0.25, 0.3) is 0 Å². The first-order valence-electron chi connectivity index (χ1n) is 8.18. The van der Waals surface area contributed by atoms with E-state index in [1.165, 1.54) is 32.1 Å². The van der Waals surface area contributed by atoms with Gasteiger partial charge in [0.1, 0.15) is 11.6 Å². The second kappa shape index (κ2) is 13.8. The lowest BCUT2D eigenvalue weighted by Gasteiger charge is -2.02.